The van der Waals surface area contributed by atoms with Crippen LogP contribution < -0.4 is 0 Å². The number of ketones is 1. The van der Waals surface area contributed by atoms with Gasteiger partial charge in [0.2, 0.25) is 0 Å². The average Bonchev–Trinajstić information content (AvgIpc) is 2.93. The van der Waals surface area contributed by atoms with Crippen molar-refractivity contribution < 1.29 is 14.7 Å². The molecule has 0 aliphatic carbocycles. The van der Waals surface area contributed by atoms with E-state index in [9.17, 15) is 14.7 Å². The van der Waals surface area contributed by atoms with Gasteiger partial charge < -0.3 is 5.11 Å². The van der Waals surface area contributed by atoms with Crippen LogP contribution in [0.2, 0.25) is 0 Å². The van der Waals surface area contributed by atoms with Crippen LogP contribution in [0.4, 0.5) is 0 Å². The molecule has 0 bridgehead atoms. The maximum Gasteiger partial charge on any atom is 0.312 e. The highest BCUT2D eigenvalue weighted by Gasteiger charge is 2.39. The van der Waals surface area contributed by atoms with Crippen molar-refractivity contribution in [3.8, 4) is 0 Å². The number of hydrogen-bond donors (Lipinski definition) is 1. The summed E-state index contributed by atoms with van der Waals surface area (Å²) in [5.74, 6) is -1.40. The Bertz CT molecular complexity index is 724. The highest BCUT2D eigenvalue weighted by molar-refractivity contribution is 8.00. The molecule has 2 aromatic rings. The van der Waals surface area contributed by atoms with Gasteiger partial charge in [-0.05, 0) is 18.1 Å². The van der Waals surface area contributed by atoms with Gasteiger partial charge in [0, 0.05) is 21.3 Å². The number of carbonyl (C=O) groups excluding carboxylic acids is 1. The quantitative estimate of drug-likeness (QED) is 0.868. The summed E-state index contributed by atoms with van der Waals surface area (Å²) in [6.45, 7) is 1.98. The van der Waals surface area contributed by atoms with Crippen LogP contribution in [0.5, 0.6) is 0 Å². The van der Waals surface area contributed by atoms with Crippen molar-refractivity contribution in [2.75, 3.05) is 0 Å². The number of thioether (sulfide) groups is 1. The fraction of sp³-hybridized carbons (Fsp3) is 0.222. The molecule has 1 N–H and O–H groups in total. The molecule has 4 heteroatoms. The van der Waals surface area contributed by atoms with Crippen LogP contribution in [0.1, 0.15) is 40.7 Å². The van der Waals surface area contributed by atoms with Gasteiger partial charge in [0.25, 0.3) is 0 Å². The molecule has 1 heterocycles. The van der Waals surface area contributed by atoms with Crippen LogP contribution >= 0.6 is 11.8 Å². The third-order valence-corrected chi connectivity index (χ3v) is 5.57. The number of aliphatic carboxylic acids is 1. The molecule has 0 fully saturated rings. The van der Waals surface area contributed by atoms with E-state index in [1.807, 2.05) is 31.2 Å². The van der Waals surface area contributed by atoms with Gasteiger partial charge in [-0.15, -0.1) is 11.8 Å². The molecule has 3 nitrogen and oxygen atoms in total. The lowest BCUT2D eigenvalue weighted by molar-refractivity contribution is -0.138. The monoisotopic (exact) mass is 312 g/mol. The third kappa shape index (κ3) is 2.44. The Morgan fingerprint density at radius 1 is 1.09 bits per heavy atom. The average molecular weight is 312 g/mol. The molecule has 3 rings (SSSR count). The first kappa shape index (κ1) is 14.9. The molecule has 112 valence electrons. The summed E-state index contributed by atoms with van der Waals surface area (Å²) in [5.41, 5.74) is 2.00. The molecule has 1 aliphatic rings. The Morgan fingerprint density at radius 2 is 1.82 bits per heavy atom. The van der Waals surface area contributed by atoms with Gasteiger partial charge in [-0.2, -0.15) is 0 Å². The summed E-state index contributed by atoms with van der Waals surface area (Å²) in [6, 6.07) is 14.5. The fourth-order valence-corrected chi connectivity index (χ4v) is 4.37. The first-order valence-electron chi connectivity index (χ1n) is 7.25. The standard InChI is InChI=1S/C18H16O3S/c1-2-14-15(18(20)21)12-9-6-10-13(17(12)22-14)16(19)11-7-4-3-5-8-11/h3-10,14-15H,2H2,1H3,(H,20,21). The van der Waals surface area contributed by atoms with Crippen LogP contribution in [0.3, 0.4) is 0 Å². The second-order valence-corrected chi connectivity index (χ2v) is 6.55. The first-order valence-corrected chi connectivity index (χ1v) is 8.13. The zero-order valence-electron chi connectivity index (χ0n) is 12.2. The minimum atomic E-state index is -0.817. The fourth-order valence-electron chi connectivity index (χ4n) is 2.89. The summed E-state index contributed by atoms with van der Waals surface area (Å²) in [5, 5.41) is 9.49. The minimum absolute atomic E-state index is 0.0165. The van der Waals surface area contributed by atoms with Crippen molar-refractivity contribution in [1.29, 1.82) is 0 Å². The summed E-state index contributed by atoms with van der Waals surface area (Å²) < 4.78 is 0. The molecule has 0 saturated heterocycles. The van der Waals surface area contributed by atoms with Gasteiger partial charge in [-0.1, -0.05) is 49.4 Å². The number of rotatable bonds is 4. The third-order valence-electron chi connectivity index (χ3n) is 3.97. The van der Waals surface area contributed by atoms with Crippen molar-refractivity contribution in [3.05, 3.63) is 65.2 Å². The van der Waals surface area contributed by atoms with Crippen LogP contribution in [0, 0.1) is 0 Å². The van der Waals surface area contributed by atoms with E-state index in [1.165, 1.54) is 11.8 Å². The highest BCUT2D eigenvalue weighted by atomic mass is 32.2. The first-order chi connectivity index (χ1) is 10.6. The molecular formula is C18H16O3S. The number of carbonyl (C=O) groups is 2. The second kappa shape index (κ2) is 5.97. The SMILES string of the molecule is CCC1Sc2c(C(=O)c3ccccc3)cccc2C1C(=O)O. The summed E-state index contributed by atoms with van der Waals surface area (Å²) >= 11 is 1.52. The van der Waals surface area contributed by atoms with Crippen molar-refractivity contribution in [2.45, 2.75) is 29.4 Å². The molecule has 1 aliphatic heterocycles. The Morgan fingerprint density at radius 3 is 2.45 bits per heavy atom. The van der Waals surface area contributed by atoms with E-state index in [-0.39, 0.29) is 11.0 Å². The van der Waals surface area contributed by atoms with Crippen LogP contribution in [0.15, 0.2) is 53.4 Å². The zero-order valence-corrected chi connectivity index (χ0v) is 13.0. The molecule has 2 atom stereocenters. The minimum Gasteiger partial charge on any atom is -0.481 e. The molecule has 0 aromatic heterocycles. The predicted octanol–water partition coefficient (Wildman–Crippen LogP) is 3.97. The second-order valence-electron chi connectivity index (χ2n) is 5.30. The largest absolute Gasteiger partial charge is 0.481 e. The maximum absolute atomic E-state index is 12.7. The molecular weight excluding hydrogens is 296 g/mol. The van der Waals surface area contributed by atoms with Gasteiger partial charge in [-0.3, -0.25) is 9.59 Å². The molecule has 0 saturated carbocycles. The summed E-state index contributed by atoms with van der Waals surface area (Å²) in [4.78, 5) is 25.1. The Kier molecular flexibility index (Phi) is 4.03. The van der Waals surface area contributed by atoms with Gasteiger partial charge in [-0.25, -0.2) is 0 Å². The molecule has 0 radical (unpaired) electrons. The highest BCUT2D eigenvalue weighted by Crippen LogP contribution is 2.48. The molecule has 0 spiro atoms. The number of hydrogen-bond acceptors (Lipinski definition) is 3. The zero-order chi connectivity index (χ0) is 15.7. The normalized spacial score (nSPS) is 19.7. The summed E-state index contributed by atoms with van der Waals surface area (Å²) in [6.07, 6.45) is 0.759. The van der Waals surface area contributed by atoms with Gasteiger partial charge in [0.15, 0.2) is 5.78 Å². The summed E-state index contributed by atoms with van der Waals surface area (Å²) in [7, 11) is 0. The molecule has 2 unspecified atom stereocenters. The van der Waals surface area contributed by atoms with Crippen molar-refractivity contribution in [3.63, 3.8) is 0 Å². The number of benzene rings is 2. The lowest BCUT2D eigenvalue weighted by atomic mass is 9.92. The smallest absolute Gasteiger partial charge is 0.312 e. The Hall–Kier alpha value is -2.07. The van der Waals surface area contributed by atoms with E-state index in [4.69, 9.17) is 0 Å². The Labute approximate surface area is 133 Å². The Balaban J connectivity index is 2.07. The van der Waals surface area contributed by atoms with Crippen molar-refractivity contribution in [2.24, 2.45) is 0 Å². The number of carboxylic acids is 1. The van der Waals surface area contributed by atoms with E-state index in [1.54, 1.807) is 24.3 Å². The van der Waals surface area contributed by atoms with E-state index in [0.29, 0.717) is 11.1 Å². The topological polar surface area (TPSA) is 54.4 Å². The van der Waals surface area contributed by atoms with E-state index < -0.39 is 11.9 Å². The van der Waals surface area contributed by atoms with Gasteiger partial charge in [0.1, 0.15) is 0 Å². The lowest BCUT2D eigenvalue weighted by Crippen LogP contribution is -2.18. The molecule has 2 aromatic carbocycles. The van der Waals surface area contributed by atoms with Crippen LogP contribution in [0.25, 0.3) is 0 Å². The van der Waals surface area contributed by atoms with Crippen molar-refractivity contribution >= 4 is 23.5 Å². The predicted molar refractivity (Wildman–Crippen MR) is 86.6 cm³/mol. The van der Waals surface area contributed by atoms with Gasteiger partial charge in [0.05, 0.1) is 5.92 Å². The van der Waals surface area contributed by atoms with Crippen LogP contribution in [-0.4, -0.2) is 22.1 Å². The van der Waals surface area contributed by atoms with Crippen LogP contribution in [-0.2, 0) is 4.79 Å². The van der Waals surface area contributed by atoms with E-state index in [2.05, 4.69) is 0 Å². The van der Waals surface area contributed by atoms with Crippen molar-refractivity contribution in [1.82, 2.24) is 0 Å². The van der Waals surface area contributed by atoms with Gasteiger partial charge >= 0.3 is 5.97 Å². The molecule has 0 amide bonds. The molecule has 22 heavy (non-hydrogen) atoms. The number of carboxylic acid groups (broad SMARTS) is 1. The lowest BCUT2D eigenvalue weighted by Gasteiger charge is -2.12. The maximum atomic E-state index is 12.7. The van der Waals surface area contributed by atoms with E-state index in [0.717, 1.165) is 16.9 Å². The number of fused-ring (bicyclic) bond motifs is 1. The van der Waals surface area contributed by atoms with E-state index >= 15 is 0 Å².